The van der Waals surface area contributed by atoms with Crippen LogP contribution in [0.1, 0.15) is 71.9 Å². The first-order valence-electron chi connectivity index (χ1n) is 9.23. The lowest BCUT2D eigenvalue weighted by atomic mass is 9.79. The molecule has 0 heteroatoms. The van der Waals surface area contributed by atoms with Gasteiger partial charge in [0.05, 0.1) is 0 Å². The van der Waals surface area contributed by atoms with Gasteiger partial charge >= 0.3 is 0 Å². The van der Waals surface area contributed by atoms with E-state index in [1.54, 1.807) is 0 Å². The summed E-state index contributed by atoms with van der Waals surface area (Å²) in [5, 5.41) is 0. The predicted octanol–water partition coefficient (Wildman–Crippen LogP) is 6.31. The molecule has 1 saturated carbocycles. The molecule has 1 aliphatic carbocycles. The van der Waals surface area contributed by atoms with Crippen LogP contribution in [0.3, 0.4) is 0 Å². The molecule has 0 N–H and O–H groups in total. The van der Waals surface area contributed by atoms with E-state index >= 15 is 0 Å². The molecule has 0 nitrogen and oxygen atoms in total. The highest BCUT2D eigenvalue weighted by molar-refractivity contribution is 5.48. The Hall–Kier alpha value is -2.00. The molecule has 24 heavy (non-hydrogen) atoms. The zero-order valence-electron chi connectivity index (χ0n) is 15.4. The Morgan fingerprint density at radius 3 is 1.88 bits per heavy atom. The van der Waals surface area contributed by atoms with Gasteiger partial charge in [-0.25, -0.2) is 0 Å². The lowest BCUT2D eigenvalue weighted by Crippen LogP contribution is -2.10. The third-order valence-electron chi connectivity index (χ3n) is 5.68. The molecule has 1 fully saturated rings. The summed E-state index contributed by atoms with van der Waals surface area (Å²) in [4.78, 5) is 0. The summed E-state index contributed by atoms with van der Waals surface area (Å²) in [5.41, 5.74) is 7.73. The zero-order chi connectivity index (χ0) is 17.1. The fraction of sp³-hybridized carbons (Fsp3) is 0.417. The van der Waals surface area contributed by atoms with Crippen LogP contribution in [0.15, 0.2) is 36.4 Å². The van der Waals surface area contributed by atoms with E-state index in [0.29, 0.717) is 0 Å². The predicted molar refractivity (Wildman–Crippen MR) is 103 cm³/mol. The molecule has 0 aromatic heterocycles. The number of rotatable bonds is 1. The summed E-state index contributed by atoms with van der Waals surface area (Å²) < 4.78 is 0. The molecule has 1 aliphatic rings. The molecule has 0 unspecified atom stereocenters. The molecule has 0 amide bonds. The van der Waals surface area contributed by atoms with Gasteiger partial charge in [-0.1, -0.05) is 43.7 Å². The van der Waals surface area contributed by atoms with Crippen LogP contribution in [0.2, 0.25) is 0 Å². The second-order valence-corrected chi connectivity index (χ2v) is 7.56. The second-order valence-electron chi connectivity index (χ2n) is 7.56. The molecule has 2 aromatic carbocycles. The van der Waals surface area contributed by atoms with Gasteiger partial charge in [0.15, 0.2) is 0 Å². The molecule has 0 spiro atoms. The van der Waals surface area contributed by atoms with Crippen molar-refractivity contribution in [3.05, 3.63) is 69.8 Å². The maximum Gasteiger partial charge on any atom is 0.0254 e. The third-order valence-corrected chi connectivity index (χ3v) is 5.68. The maximum absolute atomic E-state index is 3.32. The van der Waals surface area contributed by atoms with Crippen LogP contribution in [0.5, 0.6) is 0 Å². The molecule has 0 aliphatic heterocycles. The summed E-state index contributed by atoms with van der Waals surface area (Å²) in [6.07, 6.45) is 5.43. The standard InChI is InChI=1S/C24H28/c1-17-5-11-23(12-6-17)24-13-9-21(10-14-24)7-8-22-15-18(2)20(4)19(3)16-22/h9-10,13-17,23H,5-6,11-12H2,1-4H3. The molecule has 0 atom stereocenters. The van der Waals surface area contributed by atoms with Crippen molar-refractivity contribution in [3.63, 3.8) is 0 Å². The number of hydrogen-bond acceptors (Lipinski definition) is 0. The zero-order valence-corrected chi connectivity index (χ0v) is 15.4. The summed E-state index contributed by atoms with van der Waals surface area (Å²) in [7, 11) is 0. The molecule has 124 valence electrons. The van der Waals surface area contributed by atoms with Gasteiger partial charge in [0.1, 0.15) is 0 Å². The summed E-state index contributed by atoms with van der Waals surface area (Å²) in [5.74, 6) is 8.31. The fourth-order valence-corrected chi connectivity index (χ4v) is 3.68. The molecule has 2 aromatic rings. The molecule has 0 heterocycles. The molecular weight excluding hydrogens is 288 g/mol. The SMILES string of the molecule is Cc1cc(C#Cc2ccc(C3CCC(C)CC3)cc2)cc(C)c1C. The summed E-state index contributed by atoms with van der Waals surface area (Å²) in [6, 6.07) is 13.3. The van der Waals surface area contributed by atoms with E-state index in [1.807, 2.05) is 0 Å². The van der Waals surface area contributed by atoms with Crippen LogP contribution in [-0.4, -0.2) is 0 Å². The molecule has 0 radical (unpaired) electrons. The van der Waals surface area contributed by atoms with Gasteiger partial charge in [0, 0.05) is 11.1 Å². The Labute approximate surface area is 147 Å². The maximum atomic E-state index is 3.32. The van der Waals surface area contributed by atoms with Crippen LogP contribution < -0.4 is 0 Å². The van der Waals surface area contributed by atoms with E-state index in [4.69, 9.17) is 0 Å². The van der Waals surface area contributed by atoms with Crippen molar-refractivity contribution in [3.8, 4) is 11.8 Å². The van der Waals surface area contributed by atoms with Crippen LogP contribution in [-0.2, 0) is 0 Å². The quantitative estimate of drug-likeness (QED) is 0.541. The first kappa shape index (κ1) is 16.8. The second kappa shape index (κ2) is 7.27. The lowest BCUT2D eigenvalue weighted by Gasteiger charge is -2.26. The van der Waals surface area contributed by atoms with Crippen molar-refractivity contribution in [1.82, 2.24) is 0 Å². The average molecular weight is 316 g/mol. The van der Waals surface area contributed by atoms with E-state index in [9.17, 15) is 0 Å². The first-order valence-corrected chi connectivity index (χ1v) is 9.23. The molecule has 3 rings (SSSR count). The van der Waals surface area contributed by atoms with Gasteiger partial charge in [0.25, 0.3) is 0 Å². The highest BCUT2D eigenvalue weighted by Crippen LogP contribution is 2.35. The number of aryl methyl sites for hydroxylation is 2. The summed E-state index contributed by atoms with van der Waals surface area (Å²) in [6.45, 7) is 8.87. The number of benzene rings is 2. The van der Waals surface area contributed by atoms with Gasteiger partial charge in [-0.3, -0.25) is 0 Å². The van der Waals surface area contributed by atoms with E-state index in [-0.39, 0.29) is 0 Å². The Morgan fingerprint density at radius 1 is 0.750 bits per heavy atom. The van der Waals surface area contributed by atoms with Gasteiger partial charge in [-0.05, 0) is 92.0 Å². The Kier molecular flexibility index (Phi) is 5.10. The van der Waals surface area contributed by atoms with Gasteiger partial charge in [-0.15, -0.1) is 0 Å². The van der Waals surface area contributed by atoms with E-state index < -0.39 is 0 Å². The average Bonchev–Trinajstić information content (AvgIpc) is 2.59. The lowest BCUT2D eigenvalue weighted by molar-refractivity contribution is 0.348. The minimum Gasteiger partial charge on any atom is -0.0625 e. The smallest absolute Gasteiger partial charge is 0.0254 e. The van der Waals surface area contributed by atoms with Crippen LogP contribution in [0.25, 0.3) is 0 Å². The Balaban J connectivity index is 1.73. The first-order chi connectivity index (χ1) is 11.5. The monoisotopic (exact) mass is 316 g/mol. The highest BCUT2D eigenvalue weighted by Gasteiger charge is 2.19. The van der Waals surface area contributed by atoms with Crippen LogP contribution in [0.4, 0.5) is 0 Å². The van der Waals surface area contributed by atoms with E-state index in [0.717, 1.165) is 23.0 Å². The van der Waals surface area contributed by atoms with Gasteiger partial charge in [0.2, 0.25) is 0 Å². The minimum atomic E-state index is 0.755. The third kappa shape index (κ3) is 3.90. The van der Waals surface area contributed by atoms with Crippen LogP contribution >= 0.6 is 0 Å². The molecule has 0 bridgehead atoms. The molecule has 0 saturated heterocycles. The largest absolute Gasteiger partial charge is 0.0625 e. The Morgan fingerprint density at radius 2 is 1.29 bits per heavy atom. The Bertz CT molecular complexity index is 737. The van der Waals surface area contributed by atoms with E-state index in [2.05, 4.69) is 75.9 Å². The number of hydrogen-bond donors (Lipinski definition) is 0. The van der Waals surface area contributed by atoms with Crippen molar-refractivity contribution in [2.45, 2.75) is 59.3 Å². The van der Waals surface area contributed by atoms with Gasteiger partial charge in [-0.2, -0.15) is 0 Å². The normalized spacial score (nSPS) is 20.3. The minimum absolute atomic E-state index is 0.755. The van der Waals surface area contributed by atoms with Crippen LogP contribution in [0, 0.1) is 38.5 Å². The highest BCUT2D eigenvalue weighted by atomic mass is 14.2. The van der Waals surface area contributed by atoms with E-state index in [1.165, 1.54) is 47.9 Å². The summed E-state index contributed by atoms with van der Waals surface area (Å²) >= 11 is 0. The van der Waals surface area contributed by atoms with Gasteiger partial charge < -0.3 is 0 Å². The topological polar surface area (TPSA) is 0 Å². The van der Waals surface area contributed by atoms with Crippen molar-refractivity contribution in [2.24, 2.45) is 5.92 Å². The fourth-order valence-electron chi connectivity index (χ4n) is 3.68. The van der Waals surface area contributed by atoms with Crippen molar-refractivity contribution in [1.29, 1.82) is 0 Å². The van der Waals surface area contributed by atoms with Crippen molar-refractivity contribution < 1.29 is 0 Å². The molecular formula is C24H28. The van der Waals surface area contributed by atoms with Crippen molar-refractivity contribution in [2.75, 3.05) is 0 Å². The van der Waals surface area contributed by atoms with Crippen molar-refractivity contribution >= 4 is 0 Å².